The molecular formula is C19H13ClN4O4. The van der Waals surface area contributed by atoms with Gasteiger partial charge >= 0.3 is 5.97 Å². The number of carboxylic acid groups (broad SMARTS) is 1. The average Bonchev–Trinajstić information content (AvgIpc) is 3.15. The van der Waals surface area contributed by atoms with E-state index in [2.05, 4.69) is 15.4 Å². The number of fused-ring (bicyclic) bond motifs is 3. The number of carboxylic acids is 1. The Balaban J connectivity index is 1.92. The molecule has 1 amide bonds. The summed E-state index contributed by atoms with van der Waals surface area (Å²) in [7, 11) is 0. The molecule has 3 N–H and O–H groups in total. The van der Waals surface area contributed by atoms with E-state index in [1.165, 1.54) is 10.8 Å². The molecule has 2 aromatic carbocycles. The van der Waals surface area contributed by atoms with Crippen LogP contribution in [0.25, 0.3) is 27.5 Å². The van der Waals surface area contributed by atoms with Gasteiger partial charge in [0.1, 0.15) is 12.9 Å². The molecule has 28 heavy (non-hydrogen) atoms. The Labute approximate surface area is 163 Å². The van der Waals surface area contributed by atoms with Gasteiger partial charge in [-0.3, -0.25) is 9.59 Å². The molecule has 140 valence electrons. The van der Waals surface area contributed by atoms with Crippen molar-refractivity contribution in [3.05, 3.63) is 59.5 Å². The third kappa shape index (κ3) is 2.99. The predicted octanol–water partition coefficient (Wildman–Crippen LogP) is 2.72. The van der Waals surface area contributed by atoms with Crippen molar-refractivity contribution < 1.29 is 19.8 Å². The fraction of sp³-hybridized carbons (Fsp3) is 0.0526. The molecule has 4 rings (SSSR count). The first-order valence-corrected chi connectivity index (χ1v) is 8.58. The molecule has 0 radical (unpaired) electrons. The van der Waals surface area contributed by atoms with Crippen molar-refractivity contribution in [2.24, 2.45) is 0 Å². The number of benzene rings is 2. The minimum Gasteiger partial charge on any atom is -0.505 e. The van der Waals surface area contributed by atoms with Gasteiger partial charge in [0.15, 0.2) is 17.1 Å². The minimum atomic E-state index is -1.20. The van der Waals surface area contributed by atoms with Crippen LogP contribution in [0.5, 0.6) is 5.75 Å². The molecule has 2 aromatic heterocycles. The Kier molecular flexibility index (Phi) is 4.32. The zero-order chi connectivity index (χ0) is 19.8. The van der Waals surface area contributed by atoms with Gasteiger partial charge in [0.25, 0.3) is 5.91 Å². The number of hydrogen-bond donors (Lipinski definition) is 3. The summed E-state index contributed by atoms with van der Waals surface area (Å²) in [4.78, 5) is 27.3. The lowest BCUT2D eigenvalue weighted by molar-refractivity contribution is -0.135. The van der Waals surface area contributed by atoms with Crippen LogP contribution in [0.3, 0.4) is 0 Å². The molecular weight excluding hydrogens is 384 g/mol. The molecule has 0 spiro atoms. The minimum absolute atomic E-state index is 0.184. The smallest absolute Gasteiger partial charge is 0.322 e. The summed E-state index contributed by atoms with van der Waals surface area (Å²) >= 11 is 6.07. The molecule has 8 nitrogen and oxygen atoms in total. The largest absolute Gasteiger partial charge is 0.505 e. The number of nitrogens with zero attached hydrogens (tertiary/aromatic N) is 3. The van der Waals surface area contributed by atoms with Crippen molar-refractivity contribution in [2.75, 3.05) is 6.54 Å². The molecule has 0 unspecified atom stereocenters. The summed E-state index contributed by atoms with van der Waals surface area (Å²) in [5.41, 5.74) is 1.91. The summed E-state index contributed by atoms with van der Waals surface area (Å²) in [5.74, 6) is -2.28. The van der Waals surface area contributed by atoms with Crippen LogP contribution in [0.2, 0.25) is 5.02 Å². The summed E-state index contributed by atoms with van der Waals surface area (Å²) in [5, 5.41) is 27.3. The van der Waals surface area contributed by atoms with Gasteiger partial charge in [-0.1, -0.05) is 29.8 Å². The van der Waals surface area contributed by atoms with Crippen molar-refractivity contribution in [3.8, 4) is 16.9 Å². The SMILES string of the molecule is O=C(O)CNC(=O)c1c(O)c2ccc(-c3cccc(Cl)c3)cc2c2ncnn12. The number of pyridine rings is 1. The van der Waals surface area contributed by atoms with Crippen LogP contribution >= 0.6 is 11.6 Å². The van der Waals surface area contributed by atoms with Crippen molar-refractivity contribution in [1.29, 1.82) is 0 Å². The van der Waals surface area contributed by atoms with Crippen molar-refractivity contribution in [1.82, 2.24) is 19.9 Å². The van der Waals surface area contributed by atoms with E-state index < -0.39 is 18.4 Å². The number of carbonyl (C=O) groups is 2. The normalized spacial score (nSPS) is 11.0. The van der Waals surface area contributed by atoms with E-state index in [0.29, 0.717) is 21.4 Å². The molecule has 2 heterocycles. The molecule has 0 fully saturated rings. The molecule has 0 aliphatic rings. The fourth-order valence-electron chi connectivity index (χ4n) is 3.04. The molecule has 0 aliphatic heterocycles. The fourth-order valence-corrected chi connectivity index (χ4v) is 3.23. The van der Waals surface area contributed by atoms with E-state index in [4.69, 9.17) is 16.7 Å². The number of aliphatic carboxylic acids is 1. The second kappa shape index (κ2) is 6.82. The maximum absolute atomic E-state index is 12.4. The van der Waals surface area contributed by atoms with Gasteiger partial charge in [0, 0.05) is 15.8 Å². The lowest BCUT2D eigenvalue weighted by Gasteiger charge is -2.12. The molecule has 0 saturated carbocycles. The maximum Gasteiger partial charge on any atom is 0.322 e. The number of nitrogens with one attached hydrogen (secondary N) is 1. The van der Waals surface area contributed by atoms with Gasteiger partial charge in [-0.2, -0.15) is 5.10 Å². The first-order valence-electron chi connectivity index (χ1n) is 8.20. The first-order chi connectivity index (χ1) is 13.5. The monoisotopic (exact) mass is 396 g/mol. The molecule has 4 aromatic rings. The number of aromatic hydroxyl groups is 1. The topological polar surface area (TPSA) is 117 Å². The second-order valence-electron chi connectivity index (χ2n) is 6.04. The lowest BCUT2D eigenvalue weighted by atomic mass is 10.0. The number of aromatic nitrogens is 3. The third-order valence-corrected chi connectivity index (χ3v) is 4.51. The average molecular weight is 397 g/mol. The summed E-state index contributed by atoms with van der Waals surface area (Å²) in [6.07, 6.45) is 1.26. The molecule has 9 heteroatoms. The summed E-state index contributed by atoms with van der Waals surface area (Å²) in [6, 6.07) is 12.6. The van der Waals surface area contributed by atoms with E-state index in [0.717, 1.165) is 11.1 Å². The van der Waals surface area contributed by atoms with Gasteiger partial charge in [-0.15, -0.1) is 0 Å². The van der Waals surface area contributed by atoms with Crippen molar-refractivity contribution >= 4 is 39.9 Å². The highest BCUT2D eigenvalue weighted by molar-refractivity contribution is 6.30. The molecule has 0 atom stereocenters. The number of halogens is 1. The van der Waals surface area contributed by atoms with E-state index >= 15 is 0 Å². The van der Waals surface area contributed by atoms with Gasteiger partial charge in [0.05, 0.1) is 0 Å². The Morgan fingerprint density at radius 1 is 1.11 bits per heavy atom. The highest BCUT2D eigenvalue weighted by Gasteiger charge is 2.22. The van der Waals surface area contributed by atoms with E-state index in [-0.39, 0.29) is 11.4 Å². The summed E-state index contributed by atoms with van der Waals surface area (Å²) in [6.45, 7) is -0.583. The van der Waals surface area contributed by atoms with Crippen LogP contribution in [0.1, 0.15) is 10.5 Å². The zero-order valence-electron chi connectivity index (χ0n) is 14.3. The van der Waals surface area contributed by atoms with Crippen LogP contribution in [0.4, 0.5) is 0 Å². The van der Waals surface area contributed by atoms with Crippen molar-refractivity contribution in [3.63, 3.8) is 0 Å². The van der Waals surface area contributed by atoms with Gasteiger partial charge < -0.3 is 15.5 Å². The van der Waals surface area contributed by atoms with E-state index in [1.807, 2.05) is 24.3 Å². The van der Waals surface area contributed by atoms with Crippen LogP contribution in [-0.4, -0.2) is 43.2 Å². The Morgan fingerprint density at radius 2 is 1.89 bits per heavy atom. The van der Waals surface area contributed by atoms with Crippen LogP contribution in [0.15, 0.2) is 48.8 Å². The summed E-state index contributed by atoms with van der Waals surface area (Å²) < 4.78 is 1.19. The van der Waals surface area contributed by atoms with Crippen LogP contribution in [0, 0.1) is 0 Å². The van der Waals surface area contributed by atoms with Gasteiger partial charge in [-0.05, 0) is 35.4 Å². The van der Waals surface area contributed by atoms with Crippen LogP contribution < -0.4 is 5.32 Å². The van der Waals surface area contributed by atoms with E-state index in [9.17, 15) is 14.7 Å². The third-order valence-electron chi connectivity index (χ3n) is 4.27. The highest BCUT2D eigenvalue weighted by atomic mass is 35.5. The van der Waals surface area contributed by atoms with Crippen molar-refractivity contribution in [2.45, 2.75) is 0 Å². The Morgan fingerprint density at radius 3 is 2.64 bits per heavy atom. The van der Waals surface area contributed by atoms with Gasteiger partial charge in [0.2, 0.25) is 0 Å². The lowest BCUT2D eigenvalue weighted by Crippen LogP contribution is -2.31. The zero-order valence-corrected chi connectivity index (χ0v) is 15.0. The Hall–Kier alpha value is -3.65. The van der Waals surface area contributed by atoms with Gasteiger partial charge in [-0.25, -0.2) is 9.50 Å². The molecule has 0 saturated heterocycles. The van der Waals surface area contributed by atoms with Crippen LogP contribution in [-0.2, 0) is 4.79 Å². The number of carbonyl (C=O) groups excluding carboxylic acids is 1. The predicted molar refractivity (Wildman–Crippen MR) is 103 cm³/mol. The standard InChI is InChI=1S/C19H13ClN4O4/c20-12-3-1-2-10(6-12)11-4-5-13-14(7-11)18-22-9-23-24(18)16(17(13)27)19(28)21-8-15(25)26/h1-7,9,27H,8H2,(H,21,28)(H,25,26). The van der Waals surface area contributed by atoms with E-state index in [1.54, 1.807) is 18.2 Å². The second-order valence-corrected chi connectivity index (χ2v) is 6.48. The molecule has 0 aliphatic carbocycles. The molecule has 0 bridgehead atoms. The number of hydrogen-bond acceptors (Lipinski definition) is 5. The first kappa shape index (κ1) is 17.7. The maximum atomic E-state index is 12.4. The quantitative estimate of drug-likeness (QED) is 0.488. The number of amides is 1. The number of rotatable bonds is 4. The Bertz CT molecular complexity index is 1250. The highest BCUT2D eigenvalue weighted by Crippen LogP contribution is 2.34.